The van der Waals surface area contributed by atoms with Crippen LogP contribution in [-0.2, 0) is 0 Å². The van der Waals surface area contributed by atoms with E-state index in [0.717, 1.165) is 6.08 Å². The van der Waals surface area contributed by atoms with Gasteiger partial charge in [0.15, 0.2) is 11.9 Å². The van der Waals surface area contributed by atoms with Gasteiger partial charge in [0, 0.05) is 11.1 Å². The molecule has 0 saturated heterocycles. The monoisotopic (exact) mass is 274 g/mol. The molecular weight excluding hydrogens is 260 g/mol. The zero-order chi connectivity index (χ0) is 14.8. The molecule has 0 aromatic heterocycles. The third kappa shape index (κ3) is 2.85. The van der Waals surface area contributed by atoms with Crippen LogP contribution in [0.4, 0.5) is 0 Å². The maximum absolute atomic E-state index is 11.8. The van der Waals surface area contributed by atoms with E-state index in [-0.39, 0.29) is 11.4 Å². The van der Waals surface area contributed by atoms with Gasteiger partial charge >= 0.3 is 0 Å². The number of hydrogen-bond donors (Lipinski definition) is 4. The first-order valence-electron chi connectivity index (χ1n) is 5.94. The lowest BCUT2D eigenvalue weighted by Gasteiger charge is -2.27. The van der Waals surface area contributed by atoms with E-state index in [1.54, 1.807) is 30.3 Å². The molecule has 0 aliphatic heterocycles. The number of hydrogen-bond acceptors (Lipinski definition) is 5. The number of carbonyl (C=O) groups is 1. The first kappa shape index (κ1) is 14.2. The molecule has 0 heterocycles. The van der Waals surface area contributed by atoms with Gasteiger partial charge in [-0.1, -0.05) is 36.4 Å². The summed E-state index contributed by atoms with van der Waals surface area (Å²) in [5.41, 5.74) is 0.628. The molecule has 1 atom stereocenters. The molecular formula is C15H14O5. The van der Waals surface area contributed by atoms with Crippen LogP contribution in [-0.4, -0.2) is 38.1 Å². The highest BCUT2D eigenvalue weighted by Gasteiger charge is 2.37. The summed E-state index contributed by atoms with van der Waals surface area (Å²) < 4.78 is 0. The van der Waals surface area contributed by atoms with Crippen molar-refractivity contribution in [3.63, 3.8) is 0 Å². The average molecular weight is 274 g/mol. The van der Waals surface area contributed by atoms with Crippen LogP contribution in [0.25, 0.3) is 0 Å². The van der Waals surface area contributed by atoms with Crippen molar-refractivity contribution in [1.82, 2.24) is 0 Å². The van der Waals surface area contributed by atoms with E-state index in [0.29, 0.717) is 5.56 Å². The first-order valence-corrected chi connectivity index (χ1v) is 5.94. The van der Waals surface area contributed by atoms with Crippen LogP contribution in [0.2, 0.25) is 0 Å². The highest BCUT2D eigenvalue weighted by atomic mass is 16.5. The van der Waals surface area contributed by atoms with Crippen molar-refractivity contribution >= 4 is 5.78 Å². The summed E-state index contributed by atoms with van der Waals surface area (Å²) in [7, 11) is 0. The molecule has 1 aliphatic carbocycles. The highest BCUT2D eigenvalue weighted by molar-refractivity contribution is 6.04. The Kier molecular flexibility index (Phi) is 3.85. The summed E-state index contributed by atoms with van der Waals surface area (Å²) in [5, 5.41) is 37.8. The zero-order valence-corrected chi connectivity index (χ0v) is 10.5. The minimum Gasteiger partial charge on any atom is -0.509 e. The quantitative estimate of drug-likeness (QED) is 0.372. The number of allylic oxidation sites excluding steroid dienone is 4. The Labute approximate surface area is 115 Å². The van der Waals surface area contributed by atoms with E-state index < -0.39 is 17.7 Å². The summed E-state index contributed by atoms with van der Waals surface area (Å²) in [6.45, 7) is 0. The van der Waals surface area contributed by atoms with Crippen molar-refractivity contribution in [1.29, 1.82) is 0 Å². The summed E-state index contributed by atoms with van der Waals surface area (Å²) in [5.74, 6) is -3.38. The Balaban J connectivity index is 2.19. The second kappa shape index (κ2) is 5.42. The molecule has 1 aliphatic rings. The molecule has 0 amide bonds. The molecule has 104 valence electrons. The fourth-order valence-corrected chi connectivity index (χ4v) is 1.75. The van der Waals surface area contributed by atoms with Gasteiger partial charge in [-0.25, -0.2) is 0 Å². The maximum Gasteiger partial charge on any atom is 0.217 e. The minimum absolute atomic E-state index is 0.139. The van der Waals surface area contributed by atoms with E-state index in [1.807, 2.05) is 0 Å². The fourth-order valence-electron chi connectivity index (χ4n) is 1.75. The van der Waals surface area contributed by atoms with Crippen LogP contribution >= 0.6 is 0 Å². The molecule has 0 radical (unpaired) electrons. The zero-order valence-electron chi connectivity index (χ0n) is 10.5. The predicted octanol–water partition coefficient (Wildman–Crippen LogP) is 0.849. The van der Waals surface area contributed by atoms with Crippen LogP contribution in [0, 0.1) is 0 Å². The number of aliphatic hydroxyl groups excluding tert-OH is 2. The number of rotatable bonds is 3. The number of aliphatic hydroxyl groups is 4. The van der Waals surface area contributed by atoms with Crippen LogP contribution in [0.5, 0.6) is 0 Å². The molecule has 2 rings (SSSR count). The molecule has 0 fully saturated rings. The average Bonchev–Trinajstić information content (AvgIpc) is 2.45. The van der Waals surface area contributed by atoms with Crippen molar-refractivity contribution in [3.8, 4) is 0 Å². The Morgan fingerprint density at radius 3 is 2.50 bits per heavy atom. The first-order chi connectivity index (χ1) is 9.42. The van der Waals surface area contributed by atoms with Gasteiger partial charge in [0.1, 0.15) is 5.76 Å². The van der Waals surface area contributed by atoms with Crippen molar-refractivity contribution in [2.24, 2.45) is 0 Å². The molecule has 5 heteroatoms. The van der Waals surface area contributed by atoms with Gasteiger partial charge in [-0.2, -0.15) is 0 Å². The lowest BCUT2D eigenvalue weighted by atomic mass is 9.96. The van der Waals surface area contributed by atoms with E-state index in [4.69, 9.17) is 0 Å². The van der Waals surface area contributed by atoms with Gasteiger partial charge in [0.05, 0.1) is 0 Å². The van der Waals surface area contributed by atoms with Crippen LogP contribution < -0.4 is 0 Å². The van der Waals surface area contributed by atoms with Crippen molar-refractivity contribution in [2.75, 3.05) is 0 Å². The second-order valence-corrected chi connectivity index (χ2v) is 4.42. The lowest BCUT2D eigenvalue weighted by molar-refractivity contribution is -0.186. The van der Waals surface area contributed by atoms with Crippen molar-refractivity contribution in [3.05, 3.63) is 71.5 Å². The predicted molar refractivity (Wildman–Crippen MR) is 71.9 cm³/mol. The van der Waals surface area contributed by atoms with Crippen LogP contribution in [0.1, 0.15) is 10.4 Å². The summed E-state index contributed by atoms with van der Waals surface area (Å²) >= 11 is 0. The molecule has 4 N–H and O–H groups in total. The highest BCUT2D eigenvalue weighted by Crippen LogP contribution is 2.24. The van der Waals surface area contributed by atoms with E-state index in [2.05, 4.69) is 0 Å². The Bertz CT molecular complexity index is 596. The smallest absolute Gasteiger partial charge is 0.217 e. The molecule has 20 heavy (non-hydrogen) atoms. The molecule has 1 unspecified atom stereocenters. The summed E-state index contributed by atoms with van der Waals surface area (Å²) in [4.78, 5) is 11.8. The third-order valence-corrected chi connectivity index (χ3v) is 2.94. The minimum atomic E-state index is -2.51. The third-order valence-electron chi connectivity index (χ3n) is 2.94. The van der Waals surface area contributed by atoms with Gasteiger partial charge in [0.2, 0.25) is 5.79 Å². The fraction of sp³-hybridized carbons (Fsp3) is 0.133. The second-order valence-electron chi connectivity index (χ2n) is 4.42. The largest absolute Gasteiger partial charge is 0.509 e. The Hall–Kier alpha value is -2.21. The molecule has 0 saturated carbocycles. The Morgan fingerprint density at radius 1 is 1.20 bits per heavy atom. The lowest BCUT2D eigenvalue weighted by Crippen LogP contribution is -2.43. The van der Waals surface area contributed by atoms with Crippen molar-refractivity contribution in [2.45, 2.75) is 11.9 Å². The summed E-state index contributed by atoms with van der Waals surface area (Å²) in [6.07, 6.45) is 2.85. The number of ketones is 1. The van der Waals surface area contributed by atoms with Gasteiger partial charge in [-0.15, -0.1) is 0 Å². The standard InChI is InChI=1S/C15H14O5/c16-12(10-4-2-1-3-5-10)7-6-11-8-9-15(19,20)14(18)13(11)17/h1-9,14,17-20H. The normalized spacial score (nSPS) is 21.4. The molecule has 1 aromatic carbocycles. The number of benzene rings is 1. The van der Waals surface area contributed by atoms with Gasteiger partial charge in [-0.3, -0.25) is 4.79 Å². The van der Waals surface area contributed by atoms with Crippen LogP contribution in [0.3, 0.4) is 0 Å². The number of carbonyl (C=O) groups excluding carboxylic acids is 1. The van der Waals surface area contributed by atoms with Crippen molar-refractivity contribution < 1.29 is 25.2 Å². The summed E-state index contributed by atoms with van der Waals surface area (Å²) in [6, 6.07) is 8.55. The van der Waals surface area contributed by atoms with E-state index in [9.17, 15) is 25.2 Å². The molecule has 5 nitrogen and oxygen atoms in total. The van der Waals surface area contributed by atoms with Crippen LogP contribution in [0.15, 0.2) is 66.0 Å². The topological polar surface area (TPSA) is 98.0 Å². The van der Waals surface area contributed by atoms with Gasteiger partial charge in [0.25, 0.3) is 0 Å². The van der Waals surface area contributed by atoms with E-state index >= 15 is 0 Å². The molecule has 0 bridgehead atoms. The SMILES string of the molecule is O=C(C=CC1=C(O)C(O)C(O)(O)C=C1)c1ccccc1. The Morgan fingerprint density at radius 2 is 1.85 bits per heavy atom. The van der Waals surface area contributed by atoms with E-state index in [1.165, 1.54) is 18.2 Å². The van der Waals surface area contributed by atoms with Gasteiger partial charge in [-0.05, 0) is 18.2 Å². The van der Waals surface area contributed by atoms with Gasteiger partial charge < -0.3 is 20.4 Å². The molecule has 0 spiro atoms. The maximum atomic E-state index is 11.8. The molecule has 1 aromatic rings.